The maximum atomic E-state index is 12.3. The Labute approximate surface area is 105 Å². The second-order valence-corrected chi connectivity index (χ2v) is 5.15. The lowest BCUT2D eigenvalue weighted by Crippen LogP contribution is -2.37. The van der Waals surface area contributed by atoms with E-state index in [4.69, 9.17) is 11.6 Å². The molecule has 1 atom stereocenters. The third-order valence-corrected chi connectivity index (χ3v) is 3.97. The number of aromatic nitrogens is 2. The van der Waals surface area contributed by atoms with Gasteiger partial charge in [0.1, 0.15) is 0 Å². The van der Waals surface area contributed by atoms with Gasteiger partial charge in [-0.15, -0.1) is 11.6 Å². The molecule has 2 heterocycles. The van der Waals surface area contributed by atoms with Crippen molar-refractivity contribution in [2.45, 2.75) is 37.8 Å². The predicted molar refractivity (Wildman–Crippen MR) is 67.9 cm³/mol. The van der Waals surface area contributed by atoms with Gasteiger partial charge in [0.25, 0.3) is 5.56 Å². The van der Waals surface area contributed by atoms with Gasteiger partial charge in [-0.25, -0.2) is 4.98 Å². The highest BCUT2D eigenvalue weighted by Crippen LogP contribution is 2.33. The highest BCUT2D eigenvalue weighted by molar-refractivity contribution is 6.18. The Morgan fingerprint density at radius 1 is 1.41 bits per heavy atom. The van der Waals surface area contributed by atoms with Gasteiger partial charge in [0, 0.05) is 36.9 Å². The van der Waals surface area contributed by atoms with Crippen molar-refractivity contribution in [3.63, 3.8) is 0 Å². The van der Waals surface area contributed by atoms with Gasteiger partial charge >= 0.3 is 0 Å². The SMILES string of the molecule is O=c1c(N2CCCC2CCl)nccn1C1CC1. The van der Waals surface area contributed by atoms with Gasteiger partial charge in [-0.2, -0.15) is 0 Å². The van der Waals surface area contributed by atoms with Gasteiger partial charge in [0.05, 0.1) is 0 Å². The zero-order chi connectivity index (χ0) is 11.8. The summed E-state index contributed by atoms with van der Waals surface area (Å²) in [5, 5.41) is 0. The molecule has 1 saturated heterocycles. The molecular formula is C12H16ClN3O. The van der Waals surface area contributed by atoms with Crippen molar-refractivity contribution >= 4 is 17.4 Å². The van der Waals surface area contributed by atoms with Crippen LogP contribution in [0, 0.1) is 0 Å². The molecule has 1 aromatic rings. The first-order valence-electron chi connectivity index (χ1n) is 6.21. The van der Waals surface area contributed by atoms with Crippen LogP contribution in [0.1, 0.15) is 31.7 Å². The van der Waals surface area contributed by atoms with E-state index in [-0.39, 0.29) is 11.6 Å². The van der Waals surface area contributed by atoms with Crippen LogP contribution >= 0.6 is 11.6 Å². The third-order valence-electron chi connectivity index (χ3n) is 3.62. The van der Waals surface area contributed by atoms with Crippen molar-refractivity contribution in [2.24, 2.45) is 0 Å². The third kappa shape index (κ3) is 1.95. The molecule has 1 aromatic heterocycles. The molecule has 1 saturated carbocycles. The van der Waals surface area contributed by atoms with Crippen LogP contribution in [0.2, 0.25) is 0 Å². The number of rotatable bonds is 3. The molecule has 0 spiro atoms. The molecule has 0 radical (unpaired) electrons. The Hall–Kier alpha value is -1.03. The zero-order valence-electron chi connectivity index (χ0n) is 9.68. The summed E-state index contributed by atoms with van der Waals surface area (Å²) in [6.07, 6.45) is 7.91. The molecule has 4 nitrogen and oxygen atoms in total. The maximum absolute atomic E-state index is 12.3. The van der Waals surface area contributed by atoms with E-state index in [1.54, 1.807) is 12.4 Å². The Morgan fingerprint density at radius 3 is 2.94 bits per heavy atom. The Kier molecular flexibility index (Phi) is 2.82. The minimum atomic E-state index is 0.0482. The van der Waals surface area contributed by atoms with Crippen molar-refractivity contribution in [2.75, 3.05) is 17.3 Å². The molecule has 0 bridgehead atoms. The minimum Gasteiger partial charge on any atom is -0.348 e. The van der Waals surface area contributed by atoms with E-state index in [9.17, 15) is 4.79 Å². The van der Waals surface area contributed by atoms with Crippen molar-refractivity contribution in [1.82, 2.24) is 9.55 Å². The molecular weight excluding hydrogens is 238 g/mol. The van der Waals surface area contributed by atoms with Gasteiger partial charge < -0.3 is 9.47 Å². The monoisotopic (exact) mass is 253 g/mol. The molecule has 1 aliphatic heterocycles. The van der Waals surface area contributed by atoms with Crippen molar-refractivity contribution in [3.8, 4) is 0 Å². The molecule has 0 aromatic carbocycles. The molecule has 2 aliphatic rings. The smallest absolute Gasteiger partial charge is 0.293 e. The fourth-order valence-corrected chi connectivity index (χ4v) is 2.85. The van der Waals surface area contributed by atoms with Gasteiger partial charge in [0.2, 0.25) is 0 Å². The number of alkyl halides is 1. The normalized spacial score (nSPS) is 24.3. The lowest BCUT2D eigenvalue weighted by Gasteiger charge is -2.23. The lowest BCUT2D eigenvalue weighted by atomic mass is 10.2. The number of anilines is 1. The zero-order valence-corrected chi connectivity index (χ0v) is 10.4. The quantitative estimate of drug-likeness (QED) is 0.771. The molecule has 17 heavy (non-hydrogen) atoms. The highest BCUT2D eigenvalue weighted by Gasteiger charge is 2.30. The van der Waals surface area contributed by atoms with Crippen molar-refractivity contribution in [3.05, 3.63) is 22.7 Å². The van der Waals surface area contributed by atoms with E-state index in [1.807, 2.05) is 4.57 Å². The predicted octanol–water partition coefficient (Wildman–Crippen LogP) is 1.79. The largest absolute Gasteiger partial charge is 0.348 e. The van der Waals surface area contributed by atoms with E-state index >= 15 is 0 Å². The number of halogens is 1. The van der Waals surface area contributed by atoms with Gasteiger partial charge in [0.15, 0.2) is 5.82 Å². The van der Waals surface area contributed by atoms with Gasteiger partial charge in [-0.1, -0.05) is 0 Å². The van der Waals surface area contributed by atoms with Crippen LogP contribution in [0.3, 0.4) is 0 Å². The van der Waals surface area contributed by atoms with Crippen LogP contribution in [0.25, 0.3) is 0 Å². The molecule has 92 valence electrons. The number of hydrogen-bond donors (Lipinski definition) is 0. The van der Waals surface area contributed by atoms with E-state index in [2.05, 4.69) is 9.88 Å². The number of hydrogen-bond acceptors (Lipinski definition) is 3. The van der Waals surface area contributed by atoms with Gasteiger partial charge in [-0.3, -0.25) is 4.79 Å². The summed E-state index contributed by atoms with van der Waals surface area (Å²) in [6.45, 7) is 0.897. The Morgan fingerprint density at radius 2 is 2.24 bits per heavy atom. The lowest BCUT2D eigenvalue weighted by molar-refractivity contribution is 0.674. The average Bonchev–Trinajstić information content (AvgIpc) is 3.07. The van der Waals surface area contributed by atoms with Crippen molar-refractivity contribution < 1.29 is 0 Å². The molecule has 1 aliphatic carbocycles. The maximum Gasteiger partial charge on any atom is 0.293 e. The molecule has 2 fully saturated rings. The number of nitrogens with zero attached hydrogens (tertiary/aromatic N) is 3. The standard InChI is InChI=1S/C12H16ClN3O/c13-8-10-2-1-6-15(10)11-12(17)16(7-5-14-11)9-3-4-9/h5,7,9-10H,1-4,6,8H2. The van der Waals surface area contributed by atoms with Crippen LogP contribution in [-0.2, 0) is 0 Å². The van der Waals surface area contributed by atoms with Crippen LogP contribution in [-0.4, -0.2) is 28.0 Å². The summed E-state index contributed by atoms with van der Waals surface area (Å²) in [7, 11) is 0. The first-order valence-corrected chi connectivity index (χ1v) is 6.74. The summed E-state index contributed by atoms with van der Waals surface area (Å²) in [6, 6.07) is 0.674. The average molecular weight is 254 g/mol. The molecule has 1 unspecified atom stereocenters. The van der Waals surface area contributed by atoms with E-state index in [0.29, 0.717) is 17.7 Å². The van der Waals surface area contributed by atoms with Crippen LogP contribution in [0.5, 0.6) is 0 Å². The van der Waals surface area contributed by atoms with E-state index in [0.717, 1.165) is 32.2 Å². The Bertz CT molecular complexity index is 469. The highest BCUT2D eigenvalue weighted by atomic mass is 35.5. The summed E-state index contributed by atoms with van der Waals surface area (Å²) in [4.78, 5) is 18.7. The fraction of sp³-hybridized carbons (Fsp3) is 0.667. The molecule has 0 amide bonds. The molecule has 3 rings (SSSR count). The summed E-state index contributed by atoms with van der Waals surface area (Å²) >= 11 is 5.94. The van der Waals surface area contributed by atoms with Crippen molar-refractivity contribution in [1.29, 1.82) is 0 Å². The van der Waals surface area contributed by atoms with E-state index < -0.39 is 0 Å². The molecule has 0 N–H and O–H groups in total. The van der Waals surface area contributed by atoms with Crippen LogP contribution in [0.4, 0.5) is 5.82 Å². The summed E-state index contributed by atoms with van der Waals surface area (Å²) in [5.41, 5.74) is 0.0482. The second-order valence-electron chi connectivity index (χ2n) is 4.84. The minimum absolute atomic E-state index is 0.0482. The first-order chi connectivity index (χ1) is 8.31. The second kappa shape index (κ2) is 4.33. The topological polar surface area (TPSA) is 38.1 Å². The first kappa shape index (κ1) is 11.1. The Balaban J connectivity index is 1.97. The van der Waals surface area contributed by atoms with Crippen LogP contribution < -0.4 is 10.5 Å². The van der Waals surface area contributed by atoms with Crippen LogP contribution in [0.15, 0.2) is 17.2 Å². The molecule has 5 heteroatoms. The van der Waals surface area contributed by atoms with Gasteiger partial charge in [-0.05, 0) is 25.7 Å². The fourth-order valence-electron chi connectivity index (χ4n) is 2.53. The summed E-state index contributed by atoms with van der Waals surface area (Å²) < 4.78 is 1.83. The summed E-state index contributed by atoms with van der Waals surface area (Å²) in [5.74, 6) is 1.15. The van der Waals surface area contributed by atoms with E-state index in [1.165, 1.54) is 0 Å².